The fraction of sp³-hybridized carbons (Fsp3) is 0. The van der Waals surface area contributed by atoms with Crippen molar-refractivity contribution < 1.29 is 0 Å². The van der Waals surface area contributed by atoms with Crippen LogP contribution in [0.4, 0.5) is 0 Å². The zero-order valence-corrected chi connectivity index (χ0v) is 26.2. The van der Waals surface area contributed by atoms with Gasteiger partial charge in [-0.05, 0) is 64.0 Å². The summed E-state index contributed by atoms with van der Waals surface area (Å²) in [5.41, 5.74) is 12.0. The molecule has 0 radical (unpaired) electrons. The highest BCUT2D eigenvalue weighted by molar-refractivity contribution is 6.29. The third kappa shape index (κ3) is 4.00. The van der Waals surface area contributed by atoms with Crippen molar-refractivity contribution in [1.29, 1.82) is 0 Å². The first kappa shape index (κ1) is 26.8. The molecule has 10 rings (SSSR count). The van der Waals surface area contributed by atoms with Crippen LogP contribution < -0.4 is 0 Å². The van der Waals surface area contributed by atoms with Crippen molar-refractivity contribution in [2.75, 3.05) is 0 Å². The highest BCUT2D eigenvalue weighted by Crippen LogP contribution is 2.44. The molecule has 0 spiro atoms. The lowest BCUT2D eigenvalue weighted by atomic mass is 10.0. The second-order valence-corrected chi connectivity index (χ2v) is 12.6. The lowest BCUT2D eigenvalue weighted by Crippen LogP contribution is -1.96. The Kier molecular flexibility index (Phi) is 5.91. The lowest BCUT2D eigenvalue weighted by molar-refractivity contribution is 1.18. The molecule has 0 unspecified atom stereocenters. The van der Waals surface area contributed by atoms with Crippen LogP contribution in [0.1, 0.15) is 0 Å². The van der Waals surface area contributed by atoms with Crippen molar-refractivity contribution in [3.8, 4) is 33.6 Å². The van der Waals surface area contributed by atoms with E-state index in [2.05, 4.69) is 191 Å². The molecule has 2 heterocycles. The van der Waals surface area contributed by atoms with Crippen molar-refractivity contribution in [1.82, 2.24) is 9.13 Å². The largest absolute Gasteiger partial charge is 0.309 e. The molecule has 48 heavy (non-hydrogen) atoms. The van der Waals surface area contributed by atoms with Crippen LogP contribution in [0.2, 0.25) is 0 Å². The minimum absolute atomic E-state index is 1.15. The third-order valence-electron chi connectivity index (χ3n) is 9.89. The summed E-state index contributed by atoms with van der Waals surface area (Å²) in [5.74, 6) is 0. The van der Waals surface area contributed by atoms with Crippen LogP contribution in [0.3, 0.4) is 0 Å². The number of benzene rings is 8. The quantitative estimate of drug-likeness (QED) is 0.188. The molecular formula is C46H30N2. The third-order valence-corrected chi connectivity index (χ3v) is 9.89. The van der Waals surface area contributed by atoms with Gasteiger partial charge in [-0.1, -0.05) is 146 Å². The molecule has 0 saturated carbocycles. The summed E-state index contributed by atoms with van der Waals surface area (Å²) in [4.78, 5) is 0. The normalized spacial score (nSPS) is 11.8. The average Bonchev–Trinajstić information content (AvgIpc) is 3.69. The number of fused-ring (bicyclic) bond motifs is 9. The smallest absolute Gasteiger partial charge is 0.0641 e. The van der Waals surface area contributed by atoms with Crippen molar-refractivity contribution in [2.45, 2.75) is 0 Å². The van der Waals surface area contributed by atoms with E-state index in [0.717, 1.165) is 11.4 Å². The fourth-order valence-electron chi connectivity index (χ4n) is 7.74. The number of hydrogen-bond donors (Lipinski definition) is 0. The molecule has 0 amide bonds. The molecule has 0 atom stereocenters. The summed E-state index contributed by atoms with van der Waals surface area (Å²) in [7, 11) is 0. The number of aromatic nitrogens is 2. The first-order valence-electron chi connectivity index (χ1n) is 16.5. The Morgan fingerprint density at radius 2 is 0.896 bits per heavy atom. The maximum atomic E-state index is 2.48. The van der Waals surface area contributed by atoms with E-state index < -0.39 is 0 Å². The minimum atomic E-state index is 1.15. The molecule has 2 nitrogen and oxygen atoms in total. The van der Waals surface area contributed by atoms with Crippen molar-refractivity contribution in [3.05, 3.63) is 182 Å². The van der Waals surface area contributed by atoms with Crippen LogP contribution in [0, 0.1) is 0 Å². The second kappa shape index (κ2) is 10.6. The van der Waals surface area contributed by atoms with Crippen LogP contribution in [0.25, 0.3) is 88.0 Å². The van der Waals surface area contributed by atoms with Gasteiger partial charge in [0.15, 0.2) is 0 Å². The predicted octanol–water partition coefficient (Wildman–Crippen LogP) is 12.4. The second-order valence-electron chi connectivity index (χ2n) is 12.6. The zero-order valence-electron chi connectivity index (χ0n) is 26.2. The van der Waals surface area contributed by atoms with E-state index in [-0.39, 0.29) is 0 Å². The van der Waals surface area contributed by atoms with Crippen LogP contribution in [0.15, 0.2) is 182 Å². The molecule has 10 aromatic rings. The van der Waals surface area contributed by atoms with Crippen LogP contribution in [-0.2, 0) is 0 Å². The van der Waals surface area contributed by atoms with Gasteiger partial charge in [-0.3, -0.25) is 0 Å². The van der Waals surface area contributed by atoms with Gasteiger partial charge in [0.2, 0.25) is 0 Å². The number of nitrogens with zero attached hydrogens (tertiary/aromatic N) is 2. The molecule has 0 aliphatic carbocycles. The van der Waals surface area contributed by atoms with E-state index in [9.17, 15) is 0 Å². The minimum Gasteiger partial charge on any atom is -0.309 e. The Balaban J connectivity index is 1.33. The van der Waals surface area contributed by atoms with Gasteiger partial charge in [0, 0.05) is 38.3 Å². The summed E-state index contributed by atoms with van der Waals surface area (Å²) < 4.78 is 4.96. The summed E-state index contributed by atoms with van der Waals surface area (Å²) in [6.07, 6.45) is 0. The molecular weight excluding hydrogens is 581 g/mol. The predicted molar refractivity (Wildman–Crippen MR) is 203 cm³/mol. The zero-order chi connectivity index (χ0) is 31.6. The van der Waals surface area contributed by atoms with Gasteiger partial charge in [0.25, 0.3) is 0 Å². The van der Waals surface area contributed by atoms with Gasteiger partial charge in [-0.2, -0.15) is 0 Å². The average molecular weight is 611 g/mol. The first-order chi connectivity index (χ1) is 23.8. The molecule has 2 aromatic heterocycles. The highest BCUT2D eigenvalue weighted by atomic mass is 15.0. The summed E-state index contributed by atoms with van der Waals surface area (Å²) in [5, 5.41) is 7.53. The molecule has 0 aliphatic rings. The van der Waals surface area contributed by atoms with Crippen molar-refractivity contribution >= 4 is 54.4 Å². The van der Waals surface area contributed by atoms with Gasteiger partial charge in [-0.25, -0.2) is 0 Å². The molecule has 2 heteroatoms. The van der Waals surface area contributed by atoms with E-state index in [4.69, 9.17) is 0 Å². The lowest BCUT2D eigenvalue weighted by Gasteiger charge is -2.12. The standard InChI is InChI=1S/C46H30N2/c1-3-12-31(13-4-1)33-22-25-36(26-23-33)47-43-29-28-40-39-20-9-10-21-42(39)48(37-18-11-17-35(30-37)32-14-5-2-6-15-32)46(40)44(43)41-27-24-34-16-7-8-19-38(34)45(41)47/h1-30H. The topological polar surface area (TPSA) is 9.86 Å². The van der Waals surface area contributed by atoms with Crippen molar-refractivity contribution in [2.24, 2.45) is 0 Å². The Hall–Kier alpha value is -6.38. The first-order valence-corrected chi connectivity index (χ1v) is 16.5. The van der Waals surface area contributed by atoms with Crippen LogP contribution in [-0.4, -0.2) is 9.13 Å². The van der Waals surface area contributed by atoms with Gasteiger partial charge in [0.1, 0.15) is 0 Å². The van der Waals surface area contributed by atoms with Gasteiger partial charge >= 0.3 is 0 Å². The van der Waals surface area contributed by atoms with Gasteiger partial charge < -0.3 is 9.13 Å². The fourth-order valence-corrected chi connectivity index (χ4v) is 7.74. The Bertz CT molecular complexity index is 2800. The maximum Gasteiger partial charge on any atom is 0.0641 e. The molecule has 0 fully saturated rings. The summed E-state index contributed by atoms with van der Waals surface area (Å²) >= 11 is 0. The molecule has 0 saturated heterocycles. The molecule has 8 aromatic carbocycles. The van der Waals surface area contributed by atoms with Crippen LogP contribution >= 0.6 is 0 Å². The Morgan fingerprint density at radius 3 is 1.69 bits per heavy atom. The summed E-state index contributed by atoms with van der Waals surface area (Å²) in [6.45, 7) is 0. The van der Waals surface area contributed by atoms with E-state index in [1.54, 1.807) is 0 Å². The highest BCUT2D eigenvalue weighted by Gasteiger charge is 2.22. The van der Waals surface area contributed by atoms with Crippen LogP contribution in [0.5, 0.6) is 0 Å². The number of hydrogen-bond acceptors (Lipinski definition) is 0. The number of rotatable bonds is 4. The van der Waals surface area contributed by atoms with E-state index in [1.807, 2.05) is 0 Å². The monoisotopic (exact) mass is 610 g/mol. The molecule has 0 aliphatic heterocycles. The molecule has 0 bridgehead atoms. The van der Waals surface area contributed by atoms with Gasteiger partial charge in [0.05, 0.1) is 22.1 Å². The Labute approximate surface area is 278 Å². The Morgan fingerprint density at radius 1 is 0.292 bits per heavy atom. The molecule has 0 N–H and O–H groups in total. The molecule has 224 valence electrons. The summed E-state index contributed by atoms with van der Waals surface area (Å²) in [6, 6.07) is 66.1. The van der Waals surface area contributed by atoms with E-state index in [0.29, 0.717) is 0 Å². The van der Waals surface area contributed by atoms with Crippen molar-refractivity contribution in [3.63, 3.8) is 0 Å². The maximum absolute atomic E-state index is 2.48. The SMILES string of the molecule is c1ccc(-c2ccc(-n3c4ccc5c6ccccc6n(-c6cccc(-c7ccccc7)c6)c5c4c4ccc5ccccc5c43)cc2)cc1. The van der Waals surface area contributed by atoms with Gasteiger partial charge in [-0.15, -0.1) is 0 Å². The van der Waals surface area contributed by atoms with E-state index in [1.165, 1.54) is 76.6 Å². The van der Waals surface area contributed by atoms with E-state index >= 15 is 0 Å². The number of para-hydroxylation sites is 1.